The van der Waals surface area contributed by atoms with E-state index >= 15 is 0 Å². The number of hydrogen-bond acceptors (Lipinski definition) is 4. The fourth-order valence-corrected chi connectivity index (χ4v) is 1.87. The van der Waals surface area contributed by atoms with Gasteiger partial charge in [0.25, 0.3) is 0 Å². The van der Waals surface area contributed by atoms with E-state index in [1.165, 1.54) is 19.3 Å². The van der Waals surface area contributed by atoms with Gasteiger partial charge in [0.1, 0.15) is 0 Å². The summed E-state index contributed by atoms with van der Waals surface area (Å²) in [6, 6.07) is 0. The number of hydrogen-bond donors (Lipinski definition) is 2. The Balaban J connectivity index is 3.22. The Hall–Kier alpha value is -0.610. The van der Waals surface area contributed by atoms with E-state index in [4.69, 9.17) is 9.84 Å². The van der Waals surface area contributed by atoms with Gasteiger partial charge in [0, 0.05) is 6.61 Å². The second-order valence-electron chi connectivity index (χ2n) is 4.61. The molecule has 4 nitrogen and oxygen atoms in total. The van der Waals surface area contributed by atoms with Gasteiger partial charge >= 0.3 is 5.97 Å². The van der Waals surface area contributed by atoms with Crippen molar-refractivity contribution in [2.75, 3.05) is 13.2 Å². The van der Waals surface area contributed by atoms with Gasteiger partial charge in [-0.15, -0.1) is 0 Å². The van der Waals surface area contributed by atoms with E-state index < -0.39 is 12.1 Å². The highest BCUT2D eigenvalue weighted by Crippen LogP contribution is 2.11. The van der Waals surface area contributed by atoms with E-state index in [1.54, 1.807) is 6.92 Å². The van der Waals surface area contributed by atoms with E-state index in [0.29, 0.717) is 19.6 Å². The van der Waals surface area contributed by atoms with Crippen LogP contribution >= 0.6 is 0 Å². The first-order valence-corrected chi connectivity index (χ1v) is 7.18. The Kier molecular flexibility index (Phi) is 12.4. The zero-order chi connectivity index (χ0) is 13.6. The van der Waals surface area contributed by atoms with Crippen LogP contribution in [0.3, 0.4) is 0 Å². The lowest BCUT2D eigenvalue weighted by Crippen LogP contribution is -2.22. The van der Waals surface area contributed by atoms with E-state index in [0.717, 1.165) is 32.1 Å². The normalized spacial score (nSPS) is 12.4. The number of unbranched alkanes of at least 4 members (excludes halogenated alkanes) is 7. The summed E-state index contributed by atoms with van der Waals surface area (Å²) in [7, 11) is 0. The molecular formula is C14H28O4. The average molecular weight is 260 g/mol. The molecule has 108 valence electrons. The molecule has 18 heavy (non-hydrogen) atoms. The van der Waals surface area contributed by atoms with Crippen molar-refractivity contribution in [2.45, 2.75) is 70.8 Å². The molecule has 0 aliphatic heterocycles. The van der Waals surface area contributed by atoms with Crippen LogP contribution in [0.1, 0.15) is 64.7 Å². The molecule has 0 saturated heterocycles. The summed E-state index contributed by atoms with van der Waals surface area (Å²) in [5.41, 5.74) is 0. The molecule has 4 heteroatoms. The Morgan fingerprint density at radius 3 is 2.00 bits per heavy atom. The molecule has 0 bridgehead atoms. The van der Waals surface area contributed by atoms with Gasteiger partial charge in [-0.1, -0.05) is 44.9 Å². The first-order chi connectivity index (χ1) is 8.72. The van der Waals surface area contributed by atoms with Gasteiger partial charge in [-0.05, 0) is 19.8 Å². The fraction of sp³-hybridized carbons (Fsp3) is 0.929. The molecule has 1 unspecified atom stereocenters. The molecule has 0 aliphatic rings. The summed E-state index contributed by atoms with van der Waals surface area (Å²) < 4.78 is 4.73. The van der Waals surface area contributed by atoms with Crippen LogP contribution in [0.5, 0.6) is 0 Å². The van der Waals surface area contributed by atoms with Gasteiger partial charge in [0.05, 0.1) is 6.61 Å². The zero-order valence-electron chi connectivity index (χ0n) is 11.6. The second kappa shape index (κ2) is 12.8. The third-order valence-corrected chi connectivity index (χ3v) is 2.94. The summed E-state index contributed by atoms with van der Waals surface area (Å²) in [4.78, 5) is 11.1. The third-order valence-electron chi connectivity index (χ3n) is 2.94. The number of ether oxygens (including phenoxy) is 1. The number of aliphatic hydroxyl groups excluding tert-OH is 2. The molecule has 0 saturated carbocycles. The Morgan fingerprint density at radius 2 is 1.50 bits per heavy atom. The molecule has 0 radical (unpaired) electrons. The van der Waals surface area contributed by atoms with E-state index in [9.17, 15) is 9.90 Å². The van der Waals surface area contributed by atoms with Gasteiger partial charge < -0.3 is 14.9 Å². The first kappa shape index (κ1) is 17.4. The van der Waals surface area contributed by atoms with E-state index in [-0.39, 0.29) is 0 Å². The maximum atomic E-state index is 11.1. The van der Waals surface area contributed by atoms with Gasteiger partial charge in [0.2, 0.25) is 0 Å². The quantitative estimate of drug-likeness (QED) is 0.418. The number of rotatable bonds is 12. The number of carbonyl (C=O) groups is 1. The number of esters is 1. The third kappa shape index (κ3) is 10.5. The second-order valence-corrected chi connectivity index (χ2v) is 4.61. The molecule has 0 amide bonds. The maximum Gasteiger partial charge on any atom is 0.334 e. The van der Waals surface area contributed by atoms with Gasteiger partial charge in [0.15, 0.2) is 6.10 Å². The molecular weight excluding hydrogens is 232 g/mol. The van der Waals surface area contributed by atoms with Crippen molar-refractivity contribution in [1.82, 2.24) is 0 Å². The molecule has 1 atom stereocenters. The van der Waals surface area contributed by atoms with Crippen LogP contribution in [-0.2, 0) is 9.53 Å². The van der Waals surface area contributed by atoms with Crippen LogP contribution in [-0.4, -0.2) is 35.5 Å². The molecule has 0 aliphatic carbocycles. The van der Waals surface area contributed by atoms with Gasteiger partial charge in [-0.3, -0.25) is 0 Å². The highest BCUT2D eigenvalue weighted by Gasteiger charge is 2.14. The van der Waals surface area contributed by atoms with Crippen LogP contribution in [0.4, 0.5) is 0 Å². The summed E-state index contributed by atoms with van der Waals surface area (Å²) in [6.07, 6.45) is 8.23. The minimum absolute atomic E-state index is 0.297. The van der Waals surface area contributed by atoms with Crippen LogP contribution in [0, 0.1) is 0 Å². The van der Waals surface area contributed by atoms with Crippen molar-refractivity contribution in [3.8, 4) is 0 Å². The molecule has 0 spiro atoms. The highest BCUT2D eigenvalue weighted by molar-refractivity contribution is 5.74. The Bertz CT molecular complexity index is 194. The monoisotopic (exact) mass is 260 g/mol. The lowest BCUT2D eigenvalue weighted by atomic mass is 10.1. The Labute approximate surface area is 110 Å². The summed E-state index contributed by atoms with van der Waals surface area (Å²) in [5, 5.41) is 18.1. The average Bonchev–Trinajstić information content (AvgIpc) is 2.36. The number of aliphatic hydroxyl groups is 2. The summed E-state index contributed by atoms with van der Waals surface area (Å²) in [6.45, 7) is 2.36. The zero-order valence-corrected chi connectivity index (χ0v) is 11.6. The Morgan fingerprint density at radius 1 is 1.00 bits per heavy atom. The van der Waals surface area contributed by atoms with Gasteiger partial charge in [-0.25, -0.2) is 4.79 Å². The topological polar surface area (TPSA) is 66.8 Å². The van der Waals surface area contributed by atoms with Crippen LogP contribution in [0.2, 0.25) is 0 Å². The lowest BCUT2D eigenvalue weighted by Gasteiger charge is -2.09. The highest BCUT2D eigenvalue weighted by atomic mass is 16.5. The summed E-state index contributed by atoms with van der Waals surface area (Å²) >= 11 is 0. The molecule has 0 aromatic carbocycles. The number of carbonyl (C=O) groups excluding carboxylic acids is 1. The SMILES string of the molecule is CCOC(=O)C(O)CCCCCCCCCCO. The van der Waals surface area contributed by atoms with Gasteiger partial charge in [-0.2, -0.15) is 0 Å². The molecule has 0 heterocycles. The molecule has 0 aromatic heterocycles. The van der Waals surface area contributed by atoms with Crippen molar-refractivity contribution in [2.24, 2.45) is 0 Å². The molecule has 0 aromatic rings. The van der Waals surface area contributed by atoms with E-state index in [2.05, 4.69) is 0 Å². The van der Waals surface area contributed by atoms with Crippen molar-refractivity contribution >= 4 is 5.97 Å². The van der Waals surface area contributed by atoms with E-state index in [1.807, 2.05) is 0 Å². The molecule has 0 rings (SSSR count). The first-order valence-electron chi connectivity index (χ1n) is 7.18. The van der Waals surface area contributed by atoms with Crippen molar-refractivity contribution in [1.29, 1.82) is 0 Å². The largest absolute Gasteiger partial charge is 0.464 e. The standard InChI is InChI=1S/C14H28O4/c1-2-18-14(17)13(16)11-9-7-5-3-4-6-8-10-12-15/h13,15-16H,2-12H2,1H3. The lowest BCUT2D eigenvalue weighted by molar-refractivity contribution is -0.153. The minimum Gasteiger partial charge on any atom is -0.464 e. The molecule has 2 N–H and O–H groups in total. The van der Waals surface area contributed by atoms with Crippen LogP contribution in [0.25, 0.3) is 0 Å². The van der Waals surface area contributed by atoms with Crippen molar-refractivity contribution < 1.29 is 19.7 Å². The minimum atomic E-state index is -0.950. The molecule has 0 fully saturated rings. The maximum absolute atomic E-state index is 11.1. The van der Waals surface area contributed by atoms with Crippen LogP contribution < -0.4 is 0 Å². The van der Waals surface area contributed by atoms with Crippen molar-refractivity contribution in [3.63, 3.8) is 0 Å². The van der Waals surface area contributed by atoms with Crippen molar-refractivity contribution in [3.05, 3.63) is 0 Å². The smallest absolute Gasteiger partial charge is 0.334 e. The van der Waals surface area contributed by atoms with Crippen LogP contribution in [0.15, 0.2) is 0 Å². The predicted octanol–water partition coefficient (Wildman–Crippen LogP) is 2.41. The summed E-state index contributed by atoms with van der Waals surface area (Å²) in [5.74, 6) is -0.499. The predicted molar refractivity (Wildman–Crippen MR) is 71.3 cm³/mol. The fourth-order valence-electron chi connectivity index (χ4n) is 1.87.